The van der Waals surface area contributed by atoms with Crippen LogP contribution in [0.2, 0.25) is 0 Å². The molecule has 1 saturated heterocycles. The third-order valence-corrected chi connectivity index (χ3v) is 4.51. The van der Waals surface area contributed by atoms with E-state index in [1.54, 1.807) is 0 Å². The first-order valence-electron chi connectivity index (χ1n) is 8.45. The number of aromatic nitrogens is 4. The Morgan fingerprint density at radius 1 is 1.26 bits per heavy atom. The van der Waals surface area contributed by atoms with E-state index in [1.165, 1.54) is 12.8 Å². The molecule has 0 radical (unpaired) electrons. The summed E-state index contributed by atoms with van der Waals surface area (Å²) in [7, 11) is 1.86. The van der Waals surface area contributed by atoms with Crippen LogP contribution in [0.4, 0.5) is 5.95 Å². The first kappa shape index (κ1) is 15.9. The van der Waals surface area contributed by atoms with Crippen LogP contribution in [0.1, 0.15) is 56.7 Å². The molecule has 0 saturated carbocycles. The lowest BCUT2D eigenvalue weighted by Gasteiger charge is -2.35. The monoisotopic (exact) mass is 314 g/mol. The number of imidazole rings is 1. The standard InChI is InChI=1S/C17H26N6/c1-13(2)23-11-9-19-16(23)12-22-10-5-4-6-15(22)14-7-8-20-17(18-3)21-14/h7-9,11,13,15H,4-6,10,12H2,1-3H3,(H,18,20,21)/t15-/m0/s1. The van der Waals surface area contributed by atoms with E-state index in [0.29, 0.717) is 18.0 Å². The van der Waals surface area contributed by atoms with E-state index in [9.17, 15) is 0 Å². The third kappa shape index (κ3) is 3.52. The van der Waals surface area contributed by atoms with Gasteiger partial charge in [0.25, 0.3) is 0 Å². The number of likely N-dealkylation sites (tertiary alicyclic amines) is 1. The molecule has 2 aromatic heterocycles. The second-order valence-corrected chi connectivity index (χ2v) is 6.38. The predicted molar refractivity (Wildman–Crippen MR) is 91.2 cm³/mol. The SMILES string of the molecule is CNc1nccc([C@@H]2CCCCN2Cc2nccn2C(C)C)n1. The van der Waals surface area contributed by atoms with Crippen LogP contribution in [0.15, 0.2) is 24.7 Å². The van der Waals surface area contributed by atoms with Crippen molar-refractivity contribution in [2.75, 3.05) is 18.9 Å². The maximum Gasteiger partial charge on any atom is 0.222 e. The van der Waals surface area contributed by atoms with E-state index in [0.717, 1.165) is 31.0 Å². The molecule has 3 heterocycles. The third-order valence-electron chi connectivity index (χ3n) is 4.51. The Morgan fingerprint density at radius 2 is 2.13 bits per heavy atom. The summed E-state index contributed by atoms with van der Waals surface area (Å²) < 4.78 is 2.25. The highest BCUT2D eigenvalue weighted by Gasteiger charge is 2.26. The lowest BCUT2D eigenvalue weighted by Crippen LogP contribution is -2.34. The topological polar surface area (TPSA) is 58.9 Å². The zero-order valence-corrected chi connectivity index (χ0v) is 14.2. The Hall–Kier alpha value is -1.95. The van der Waals surface area contributed by atoms with Gasteiger partial charge in [0.05, 0.1) is 18.3 Å². The summed E-state index contributed by atoms with van der Waals surface area (Å²) in [4.78, 5) is 16.0. The average Bonchev–Trinajstić information content (AvgIpc) is 3.04. The van der Waals surface area contributed by atoms with E-state index >= 15 is 0 Å². The smallest absolute Gasteiger partial charge is 0.222 e. The number of nitrogens with zero attached hydrogens (tertiary/aromatic N) is 5. The van der Waals surface area contributed by atoms with E-state index in [1.807, 2.05) is 25.5 Å². The molecule has 1 aliphatic rings. The minimum absolute atomic E-state index is 0.344. The molecule has 6 nitrogen and oxygen atoms in total. The molecule has 2 aromatic rings. The molecule has 1 atom stereocenters. The van der Waals surface area contributed by atoms with E-state index in [4.69, 9.17) is 0 Å². The second kappa shape index (κ2) is 7.08. The zero-order valence-electron chi connectivity index (χ0n) is 14.2. The molecule has 0 aliphatic carbocycles. The first-order valence-corrected chi connectivity index (χ1v) is 8.45. The maximum atomic E-state index is 4.66. The van der Waals surface area contributed by atoms with Crippen LogP contribution >= 0.6 is 0 Å². The molecular formula is C17H26N6. The minimum atomic E-state index is 0.344. The van der Waals surface area contributed by atoms with E-state index < -0.39 is 0 Å². The molecule has 124 valence electrons. The molecule has 6 heteroatoms. The lowest BCUT2D eigenvalue weighted by molar-refractivity contribution is 0.131. The quantitative estimate of drug-likeness (QED) is 0.919. The molecule has 1 fully saturated rings. The number of rotatable bonds is 5. The summed E-state index contributed by atoms with van der Waals surface area (Å²) in [5.41, 5.74) is 1.10. The fourth-order valence-corrected chi connectivity index (χ4v) is 3.31. The van der Waals surface area contributed by atoms with Gasteiger partial charge in [-0.05, 0) is 39.3 Å². The highest BCUT2D eigenvalue weighted by Crippen LogP contribution is 2.31. The molecular weight excluding hydrogens is 288 g/mol. The van der Waals surface area contributed by atoms with Gasteiger partial charge < -0.3 is 9.88 Å². The molecule has 0 bridgehead atoms. The van der Waals surface area contributed by atoms with Crippen LogP contribution in [0, 0.1) is 0 Å². The second-order valence-electron chi connectivity index (χ2n) is 6.38. The number of piperidine rings is 1. The lowest BCUT2D eigenvalue weighted by atomic mass is 9.99. The van der Waals surface area contributed by atoms with Crippen molar-refractivity contribution in [2.45, 2.75) is 51.7 Å². The summed E-state index contributed by atoms with van der Waals surface area (Å²) in [5, 5.41) is 3.03. The average molecular weight is 314 g/mol. The molecule has 0 amide bonds. The Bertz CT molecular complexity index is 636. The minimum Gasteiger partial charge on any atom is -0.357 e. The van der Waals surface area contributed by atoms with Crippen molar-refractivity contribution in [1.82, 2.24) is 24.4 Å². The normalized spacial score (nSPS) is 19.2. The van der Waals surface area contributed by atoms with Crippen LogP contribution in [0.5, 0.6) is 0 Å². The highest BCUT2D eigenvalue weighted by atomic mass is 15.2. The summed E-state index contributed by atoms with van der Waals surface area (Å²) >= 11 is 0. The van der Waals surface area contributed by atoms with Crippen molar-refractivity contribution >= 4 is 5.95 Å². The maximum absolute atomic E-state index is 4.66. The molecule has 1 aliphatic heterocycles. The number of anilines is 1. The molecule has 0 spiro atoms. The van der Waals surface area contributed by atoms with Crippen molar-refractivity contribution < 1.29 is 0 Å². The summed E-state index contributed by atoms with van der Waals surface area (Å²) in [6.07, 6.45) is 9.45. The first-order chi connectivity index (χ1) is 11.2. The molecule has 3 rings (SSSR count). The largest absolute Gasteiger partial charge is 0.357 e. The Labute approximate surface area is 138 Å². The molecule has 0 aromatic carbocycles. The van der Waals surface area contributed by atoms with Gasteiger partial charge in [0.2, 0.25) is 5.95 Å². The molecule has 1 N–H and O–H groups in total. The van der Waals surface area contributed by atoms with Gasteiger partial charge in [0.1, 0.15) is 5.82 Å². The Morgan fingerprint density at radius 3 is 2.91 bits per heavy atom. The van der Waals surface area contributed by atoms with E-state index in [-0.39, 0.29) is 0 Å². The van der Waals surface area contributed by atoms with Crippen molar-refractivity contribution in [3.63, 3.8) is 0 Å². The predicted octanol–water partition coefficient (Wildman–Crippen LogP) is 3.02. The van der Waals surface area contributed by atoms with Crippen LogP contribution < -0.4 is 5.32 Å². The number of hydrogen-bond acceptors (Lipinski definition) is 5. The Balaban J connectivity index is 1.82. The van der Waals surface area contributed by atoms with Crippen LogP contribution in [0.25, 0.3) is 0 Å². The van der Waals surface area contributed by atoms with Gasteiger partial charge >= 0.3 is 0 Å². The van der Waals surface area contributed by atoms with Gasteiger partial charge in [0.15, 0.2) is 0 Å². The van der Waals surface area contributed by atoms with E-state index in [2.05, 4.69) is 49.8 Å². The highest BCUT2D eigenvalue weighted by molar-refractivity contribution is 5.25. The van der Waals surface area contributed by atoms with Gasteiger partial charge in [-0.1, -0.05) is 6.42 Å². The van der Waals surface area contributed by atoms with Crippen molar-refractivity contribution in [3.05, 3.63) is 36.2 Å². The van der Waals surface area contributed by atoms with Crippen LogP contribution in [-0.4, -0.2) is 38.0 Å². The summed E-state index contributed by atoms with van der Waals surface area (Å²) in [6.45, 7) is 6.36. The molecule has 23 heavy (non-hydrogen) atoms. The van der Waals surface area contributed by atoms with Crippen molar-refractivity contribution in [2.24, 2.45) is 0 Å². The van der Waals surface area contributed by atoms with Crippen LogP contribution in [-0.2, 0) is 6.54 Å². The summed E-state index contributed by atoms with van der Waals surface area (Å²) in [5.74, 6) is 1.83. The zero-order chi connectivity index (χ0) is 16.2. The molecule has 0 unspecified atom stereocenters. The van der Waals surface area contributed by atoms with Gasteiger partial charge in [-0.3, -0.25) is 4.90 Å². The number of hydrogen-bond donors (Lipinski definition) is 1. The fraction of sp³-hybridized carbons (Fsp3) is 0.588. The van der Waals surface area contributed by atoms with Gasteiger partial charge in [-0.25, -0.2) is 15.0 Å². The fourth-order valence-electron chi connectivity index (χ4n) is 3.31. The van der Waals surface area contributed by atoms with Gasteiger partial charge in [0, 0.05) is 31.7 Å². The number of nitrogens with one attached hydrogen (secondary N) is 1. The Kier molecular flexibility index (Phi) is 4.91. The van der Waals surface area contributed by atoms with Crippen molar-refractivity contribution in [3.8, 4) is 0 Å². The van der Waals surface area contributed by atoms with Crippen molar-refractivity contribution in [1.29, 1.82) is 0 Å². The van der Waals surface area contributed by atoms with Gasteiger partial charge in [-0.15, -0.1) is 0 Å². The van der Waals surface area contributed by atoms with Gasteiger partial charge in [-0.2, -0.15) is 0 Å². The summed E-state index contributed by atoms with van der Waals surface area (Å²) in [6, 6.07) is 2.82. The van der Waals surface area contributed by atoms with Crippen LogP contribution in [0.3, 0.4) is 0 Å².